The van der Waals surface area contributed by atoms with Crippen LogP contribution in [-0.2, 0) is 144 Å². The van der Waals surface area contributed by atoms with Crippen molar-refractivity contribution >= 4 is 152 Å². The molecule has 1 fully saturated rings. The number of aliphatic carboxylic acids is 7. The highest BCUT2D eigenvalue weighted by Gasteiger charge is 2.42. The number of carbonyl (C=O) groups is 22. The van der Waals surface area contributed by atoms with Gasteiger partial charge in [0.2, 0.25) is 88.6 Å². The second-order valence-electron chi connectivity index (χ2n) is 35.7. The van der Waals surface area contributed by atoms with Crippen molar-refractivity contribution in [1.29, 1.82) is 0 Å². The van der Waals surface area contributed by atoms with Gasteiger partial charge in [0.05, 0.1) is 31.7 Å². The van der Waals surface area contributed by atoms with E-state index in [4.69, 9.17) is 5.73 Å². The van der Waals surface area contributed by atoms with Crippen molar-refractivity contribution in [3.8, 4) is 28.7 Å². The smallest absolute Gasteiger partial charge is 0.327 e. The fourth-order valence-corrected chi connectivity index (χ4v) is 17.3. The first-order chi connectivity index (χ1) is 70.9. The molecule has 6 aromatic carbocycles. The normalized spacial score (nSPS) is 23.2. The summed E-state index contributed by atoms with van der Waals surface area (Å²) >= 11 is 0. The predicted molar refractivity (Wildman–Crippen MR) is 530 cm³/mol. The molecule has 29 N–H and O–H groups in total. The quantitative estimate of drug-likeness (QED) is 0.0205. The summed E-state index contributed by atoms with van der Waals surface area (Å²) in [7, 11) is 1.37. The fourth-order valence-electron chi connectivity index (χ4n) is 15.0. The molecule has 17 atom stereocenters. The van der Waals surface area contributed by atoms with Crippen molar-refractivity contribution in [2.75, 3.05) is 11.5 Å². The van der Waals surface area contributed by atoms with E-state index in [1.165, 1.54) is 128 Å². The average Bonchev–Trinajstić information content (AvgIpc) is 0.837. The van der Waals surface area contributed by atoms with Crippen LogP contribution >= 0.6 is 21.6 Å². The van der Waals surface area contributed by atoms with Gasteiger partial charge in [0.25, 0.3) is 0 Å². The number of aromatic hydroxyl groups is 5. The third-order valence-electron chi connectivity index (χ3n) is 23.2. The van der Waals surface area contributed by atoms with Crippen molar-refractivity contribution < 1.29 is 167 Å². The van der Waals surface area contributed by atoms with Gasteiger partial charge in [-0.3, -0.25) is 101 Å². The summed E-state index contributed by atoms with van der Waals surface area (Å²) in [5.74, 6) is -36.4. The molecule has 1 saturated heterocycles. The lowest BCUT2D eigenvalue weighted by molar-refractivity contribution is -0.143. The van der Waals surface area contributed by atoms with Crippen LogP contribution in [0.5, 0.6) is 28.7 Å². The van der Waals surface area contributed by atoms with Crippen molar-refractivity contribution in [1.82, 2.24) is 79.8 Å². The van der Waals surface area contributed by atoms with Crippen LogP contribution in [-0.4, -0.2) is 300 Å². The van der Waals surface area contributed by atoms with Crippen LogP contribution in [0.2, 0.25) is 0 Å². The molecule has 1 aliphatic heterocycles. The van der Waals surface area contributed by atoms with Gasteiger partial charge < -0.3 is 147 Å². The van der Waals surface area contributed by atoms with E-state index >= 15 is 33.6 Å². The fraction of sp³-hybridized carbons (Fsp3) is 0.408. The number of nitrogens with one attached hydrogen (secondary N) is 15. The molecular formula is C98H120N16O34S2. The minimum Gasteiger partial charge on any atom is -0.508 e. The van der Waals surface area contributed by atoms with E-state index in [9.17, 15) is 133 Å². The van der Waals surface area contributed by atoms with E-state index in [-0.39, 0.29) is 75.0 Å². The van der Waals surface area contributed by atoms with Gasteiger partial charge in [0, 0.05) is 62.9 Å². The molecular weight excluding hydrogens is 2010 g/mol. The molecule has 52 heteroatoms. The molecule has 7 rings (SSSR count). The van der Waals surface area contributed by atoms with Gasteiger partial charge in [-0.15, -0.1) is 0 Å². The van der Waals surface area contributed by atoms with Crippen LogP contribution in [0.25, 0.3) is 0 Å². The zero-order valence-corrected chi connectivity index (χ0v) is 82.9. The summed E-state index contributed by atoms with van der Waals surface area (Å²) in [5, 5.41) is 158. The summed E-state index contributed by atoms with van der Waals surface area (Å²) in [6, 6.07) is -0.0413. The molecule has 0 aliphatic carbocycles. The molecule has 0 aromatic heterocycles. The predicted octanol–water partition coefficient (Wildman–Crippen LogP) is -2.23. The van der Waals surface area contributed by atoms with Gasteiger partial charge in [-0.2, -0.15) is 0 Å². The van der Waals surface area contributed by atoms with Crippen LogP contribution in [0.15, 0.2) is 152 Å². The Kier molecular flexibility index (Phi) is 47.5. The summed E-state index contributed by atoms with van der Waals surface area (Å²) in [4.78, 5) is 311. The highest BCUT2D eigenvalue weighted by molar-refractivity contribution is 8.76. The summed E-state index contributed by atoms with van der Waals surface area (Å²) in [6.45, 7) is 6.34. The number of phenolic OH excluding ortho intramolecular Hbond substituents is 5. The lowest BCUT2D eigenvalue weighted by atomic mass is 9.95. The number of carboxylic acid groups (broad SMARTS) is 7. The number of amides is 15. The number of benzene rings is 6. The lowest BCUT2D eigenvalue weighted by Crippen LogP contribution is -2.62. The highest BCUT2D eigenvalue weighted by atomic mass is 33.1. The number of nitrogens with two attached hydrogens (primary N) is 1. The van der Waals surface area contributed by atoms with Gasteiger partial charge in [-0.25, -0.2) is 4.79 Å². The monoisotopic (exact) mass is 2130 g/mol. The first-order valence-corrected chi connectivity index (χ1v) is 49.4. The Bertz CT molecular complexity index is 5800. The van der Waals surface area contributed by atoms with Crippen molar-refractivity contribution in [3.05, 3.63) is 185 Å². The molecule has 1 aliphatic rings. The molecule has 0 spiro atoms. The number of rotatable bonds is 31. The second kappa shape index (κ2) is 59.2. The molecule has 15 amide bonds. The first-order valence-electron chi connectivity index (χ1n) is 46.9. The second-order valence-corrected chi connectivity index (χ2v) is 38.2. The molecule has 150 heavy (non-hydrogen) atoms. The van der Waals surface area contributed by atoms with E-state index in [1.807, 2.05) is 0 Å². The number of hydrogen-bond donors (Lipinski definition) is 28. The van der Waals surface area contributed by atoms with E-state index in [0.29, 0.717) is 21.6 Å². The molecule has 808 valence electrons. The van der Waals surface area contributed by atoms with Crippen molar-refractivity contribution in [3.63, 3.8) is 0 Å². The molecule has 0 bridgehead atoms. The lowest BCUT2D eigenvalue weighted by Gasteiger charge is -2.30. The minimum atomic E-state index is -2.38. The zero-order chi connectivity index (χ0) is 111. The topological polar surface area (TPSA) is 825 Å². The first kappa shape index (κ1) is 120. The number of carboxylic acids is 7. The number of phenols is 5. The minimum absolute atomic E-state index is 0.0682. The number of carbonyl (C=O) groups excluding carboxylic acids is 15. The van der Waals surface area contributed by atoms with Gasteiger partial charge >= 0.3 is 41.8 Å². The summed E-state index contributed by atoms with van der Waals surface area (Å²) in [5.41, 5.74) is 7.23. The zero-order valence-electron chi connectivity index (χ0n) is 81.3. The standard InChI is InChI=1S/C98H120N16O34S2/c1-5-49(4)82-97(146)112-70(41-55-19-29-60(119)30-20-55)91(140)106-69(40-54-17-27-59(118)28-18-54)90(139)110-73(44-80(128)129)94(143)107-66(37-51-11-21-56(115)22-12-51)86(135)101-62(31-33-76(120)121)84(133)100-63(32-34-77(122)123)85(134)109-72(43-79(126)127)93(142)108-68(39-53-15-25-58(117)26-16-53)88(137)105-67(38-52-13-23-57(116)24-14-52)87(136)104-65(36-50-9-7-6-8-10-50)89(138)111-74(45-81(130)131)95(144)113-75(98(147)148)47-150-149-46-61(99)83(132)102-71(42-78(124)125)92(141)103-64(35-48(2)3)96(145)114-82/h6-30,48-49,61-75,82,115-119H,5,31-47,99H2,1-4H3,(H,100,133)(H,101,135)(H,102,132)(H,103,141)(H,104,136)(H,105,137)(H,106,140)(H,107,143)(H,108,142)(H,109,134)(H,110,139)(H,111,138)(H,112,146)(H,113,144)(H,114,145)(H,120,121)(H,122,123)(H,124,125)(H,126,127)(H,128,129)(H,130,131)(H,147,148)/t49-,61-,62-,63-,64-,65-,66-,67-,68-,69-,70-,71-,72-,73-,74-,75-,82-/m0/s1. The Morgan fingerprint density at radius 2 is 0.507 bits per heavy atom. The summed E-state index contributed by atoms with van der Waals surface area (Å²) in [6.07, 6.45) is -12.9. The van der Waals surface area contributed by atoms with Crippen molar-refractivity contribution in [2.45, 2.75) is 227 Å². The Morgan fingerprint density at radius 3 is 0.773 bits per heavy atom. The third kappa shape index (κ3) is 41.3. The maximum Gasteiger partial charge on any atom is 0.327 e. The Labute approximate surface area is 864 Å². The van der Waals surface area contributed by atoms with E-state index < -0.39 is 340 Å². The largest absolute Gasteiger partial charge is 0.508 e. The van der Waals surface area contributed by atoms with Crippen LogP contribution in [0.1, 0.15) is 125 Å². The third-order valence-corrected chi connectivity index (χ3v) is 25.7. The van der Waals surface area contributed by atoms with Gasteiger partial charge in [-0.1, -0.05) is 147 Å². The number of hydrogen-bond acceptors (Lipinski definition) is 30. The van der Waals surface area contributed by atoms with Gasteiger partial charge in [0.15, 0.2) is 0 Å². The summed E-state index contributed by atoms with van der Waals surface area (Å²) < 4.78 is 0. The average molecular weight is 2130 g/mol. The molecule has 50 nitrogen and oxygen atoms in total. The molecule has 6 aromatic rings. The Morgan fingerprint density at radius 1 is 0.280 bits per heavy atom. The maximum atomic E-state index is 15.3. The highest BCUT2D eigenvalue weighted by Crippen LogP contribution is 2.26. The SMILES string of the molecule is CC[C@H](C)[C@@H]1NC(=O)[C@H](CC(C)C)NC(=O)[C@H](CC(=O)O)NC(=O)[C@@H](N)CSSC[C@@H](C(=O)O)NC(=O)[C@H](CC(=O)O)NC(=O)[C@H](Cc2ccccc2)NC(=O)[C@H](Cc2ccc(O)cc2)NC(=O)[C@H](Cc2ccc(O)cc2)NC(=O)[C@H](CC(=O)O)NC(=O)[C@H](CCC(=O)O)NC(=O)[C@H](CCC(=O)O)NC(=O)[C@H](Cc2ccc(O)cc2)NC(=O)[C@H](CC(=O)O)NC(=O)[C@H](Cc2ccc(O)cc2)NC(=O)[C@H](Cc2ccc(O)cc2)NC1=O. The van der Waals surface area contributed by atoms with Gasteiger partial charge in [-0.05, 0) is 125 Å². The molecule has 0 radical (unpaired) electrons. The van der Waals surface area contributed by atoms with E-state index in [1.54, 1.807) is 26.8 Å². The maximum absolute atomic E-state index is 15.3. The molecule has 0 unspecified atom stereocenters. The molecule has 0 saturated carbocycles. The van der Waals surface area contributed by atoms with Crippen LogP contribution in [0, 0.1) is 11.8 Å². The van der Waals surface area contributed by atoms with Crippen LogP contribution < -0.4 is 85.5 Å². The Hall–Kier alpha value is -16.7. The van der Waals surface area contributed by atoms with Gasteiger partial charge in [0.1, 0.15) is 119 Å². The van der Waals surface area contributed by atoms with E-state index in [2.05, 4.69) is 79.8 Å². The van der Waals surface area contributed by atoms with E-state index in [0.717, 1.165) is 24.3 Å². The molecule has 1 heterocycles. The van der Waals surface area contributed by atoms with Crippen LogP contribution in [0.3, 0.4) is 0 Å². The Balaban J connectivity index is 1.35. The van der Waals surface area contributed by atoms with Crippen molar-refractivity contribution in [2.24, 2.45) is 17.6 Å². The van der Waals surface area contributed by atoms with Crippen LogP contribution in [0.4, 0.5) is 0 Å².